The van der Waals surface area contributed by atoms with Gasteiger partial charge in [0.2, 0.25) is 0 Å². The summed E-state index contributed by atoms with van der Waals surface area (Å²) in [5.41, 5.74) is 17.8. The number of alkyl halides is 3. The molecule has 0 bridgehead atoms. The largest absolute Gasteiger partial charge is 0.416 e. The van der Waals surface area contributed by atoms with E-state index >= 15 is 0 Å². The van der Waals surface area contributed by atoms with Gasteiger partial charge < -0.3 is 9.13 Å². The summed E-state index contributed by atoms with van der Waals surface area (Å²) in [7, 11) is 0. The highest BCUT2D eigenvalue weighted by molar-refractivity contribution is 6.14. The van der Waals surface area contributed by atoms with E-state index in [1.807, 2.05) is 66.7 Å². The van der Waals surface area contributed by atoms with Crippen LogP contribution in [0, 0.1) is 13.5 Å². The Labute approximate surface area is 432 Å². The number of benzene rings is 11. The maximum atomic E-state index is 14.1. The molecule has 0 atom stereocenters. The number of fused-ring (bicyclic) bond motifs is 6. The van der Waals surface area contributed by atoms with Gasteiger partial charge in [-0.3, -0.25) is 0 Å². The molecule has 3 nitrogen and oxygen atoms in total. The summed E-state index contributed by atoms with van der Waals surface area (Å²) in [6, 6.07) is 84.2. The Morgan fingerprint density at radius 1 is 0.333 bits per heavy atom. The van der Waals surface area contributed by atoms with Crippen molar-refractivity contribution in [3.05, 3.63) is 271 Å². The highest BCUT2D eigenvalue weighted by Crippen LogP contribution is 2.46. The molecule has 0 amide bonds. The molecule has 0 saturated heterocycles. The van der Waals surface area contributed by atoms with Gasteiger partial charge in [0.25, 0.3) is 0 Å². The minimum absolute atomic E-state index is 0.475. The fourth-order valence-corrected chi connectivity index (χ4v) is 11.1. The quantitative estimate of drug-likeness (QED) is 0.135. The van der Waals surface area contributed by atoms with Gasteiger partial charge in [-0.2, -0.15) is 13.2 Å². The summed E-state index contributed by atoms with van der Waals surface area (Å²) in [5, 5.41) is 4.27. The van der Waals surface area contributed by atoms with Crippen LogP contribution in [0.5, 0.6) is 0 Å². The van der Waals surface area contributed by atoms with E-state index in [2.05, 4.69) is 178 Å². The minimum atomic E-state index is -4.48. The standard InChI is InChI=1S/C69H44F3N3/c1-44-37-54(69(70,71)72)28-31-56(44)53-23-30-57(68(42-53)75-65-34-26-51(47-19-11-5-12-20-47)40-60(65)61-41-52(27-35-66(61)75)48-21-13-6-14-22-48)62-43-55(73-2)29-36-67(62)74-63-32-24-49(45-15-7-3-8-16-45)38-58(63)59-39-50(25-33-64(59)74)46-17-9-4-10-18-46/h3-43H,1H3. The molecule has 2 aromatic heterocycles. The van der Waals surface area contributed by atoms with Gasteiger partial charge >= 0.3 is 6.18 Å². The zero-order valence-corrected chi connectivity index (χ0v) is 40.6. The first-order chi connectivity index (χ1) is 36.7. The Hall–Kier alpha value is -9.70. The Balaban J connectivity index is 1.11. The third kappa shape index (κ3) is 7.94. The SMILES string of the molecule is [C-]#[N+]c1ccc(-n2c3ccc(-c4ccccc4)cc3c3cc(-c4ccccc4)ccc32)c(-c2ccc(-c3ccc(C(F)(F)F)cc3C)cc2-n2c3ccc(-c4ccccc4)cc3c3cc(-c4ccccc4)ccc32)c1. The van der Waals surface area contributed by atoms with Crippen molar-refractivity contribution < 1.29 is 13.2 Å². The van der Waals surface area contributed by atoms with E-state index in [1.165, 1.54) is 12.1 Å². The van der Waals surface area contributed by atoms with Crippen LogP contribution in [0.1, 0.15) is 11.1 Å². The molecule has 0 saturated carbocycles. The Morgan fingerprint density at radius 3 is 1.11 bits per heavy atom. The normalized spacial score (nSPS) is 11.7. The Morgan fingerprint density at radius 2 is 0.720 bits per heavy atom. The van der Waals surface area contributed by atoms with Crippen LogP contribution in [0.15, 0.2) is 249 Å². The molecule has 356 valence electrons. The van der Waals surface area contributed by atoms with Gasteiger partial charge in [-0.05, 0) is 153 Å². The van der Waals surface area contributed by atoms with Gasteiger partial charge in [0.05, 0.1) is 45.6 Å². The van der Waals surface area contributed by atoms with Gasteiger partial charge in [-0.25, -0.2) is 4.85 Å². The second-order valence-corrected chi connectivity index (χ2v) is 19.1. The monoisotopic (exact) mass is 971 g/mol. The maximum absolute atomic E-state index is 14.1. The lowest BCUT2D eigenvalue weighted by atomic mass is 9.93. The number of halogens is 3. The molecular weight excluding hydrogens is 928 g/mol. The Kier molecular flexibility index (Phi) is 10.9. The average Bonchev–Trinajstić information content (AvgIpc) is 4.00. The van der Waals surface area contributed by atoms with E-state index < -0.39 is 11.7 Å². The van der Waals surface area contributed by atoms with Crippen molar-refractivity contribution in [3.63, 3.8) is 0 Å². The van der Waals surface area contributed by atoms with Crippen LogP contribution in [0.4, 0.5) is 18.9 Å². The van der Waals surface area contributed by atoms with Gasteiger partial charge in [0.15, 0.2) is 5.69 Å². The van der Waals surface area contributed by atoms with E-state index in [9.17, 15) is 13.2 Å². The summed E-state index contributed by atoms with van der Waals surface area (Å²) < 4.78 is 47.0. The molecule has 0 N–H and O–H groups in total. The van der Waals surface area contributed by atoms with Crippen LogP contribution in [0.2, 0.25) is 0 Å². The molecule has 0 aliphatic carbocycles. The minimum Gasteiger partial charge on any atom is -0.309 e. The molecule has 75 heavy (non-hydrogen) atoms. The fourth-order valence-electron chi connectivity index (χ4n) is 11.1. The zero-order chi connectivity index (χ0) is 50.8. The number of nitrogens with zero attached hydrogens (tertiary/aromatic N) is 3. The number of rotatable bonds is 8. The molecule has 2 heterocycles. The lowest BCUT2D eigenvalue weighted by molar-refractivity contribution is -0.137. The molecule has 0 radical (unpaired) electrons. The third-order valence-corrected chi connectivity index (χ3v) is 14.7. The van der Waals surface area contributed by atoms with Crippen molar-refractivity contribution in [1.29, 1.82) is 0 Å². The van der Waals surface area contributed by atoms with E-state index in [0.29, 0.717) is 16.8 Å². The summed E-state index contributed by atoms with van der Waals surface area (Å²) in [6.45, 7) is 10.1. The smallest absolute Gasteiger partial charge is 0.309 e. The predicted octanol–water partition coefficient (Wildman–Crippen LogP) is 19.8. The molecule has 0 spiro atoms. The Bertz CT molecular complexity index is 4200. The van der Waals surface area contributed by atoms with Crippen molar-refractivity contribution >= 4 is 49.3 Å². The molecule has 6 heteroatoms. The van der Waals surface area contributed by atoms with Gasteiger partial charge in [-0.15, -0.1) is 0 Å². The maximum Gasteiger partial charge on any atom is 0.416 e. The lowest BCUT2D eigenvalue weighted by Gasteiger charge is -2.21. The molecule has 13 rings (SSSR count). The first-order valence-corrected chi connectivity index (χ1v) is 24.9. The van der Waals surface area contributed by atoms with Crippen LogP contribution in [-0.4, -0.2) is 9.13 Å². The van der Waals surface area contributed by atoms with Crippen LogP contribution in [0.3, 0.4) is 0 Å². The highest BCUT2D eigenvalue weighted by Gasteiger charge is 2.31. The summed E-state index contributed by atoms with van der Waals surface area (Å²) >= 11 is 0. The van der Waals surface area contributed by atoms with Crippen molar-refractivity contribution in [3.8, 4) is 78.1 Å². The van der Waals surface area contributed by atoms with E-state index in [-0.39, 0.29) is 0 Å². The van der Waals surface area contributed by atoms with Crippen molar-refractivity contribution in [1.82, 2.24) is 9.13 Å². The van der Waals surface area contributed by atoms with E-state index in [1.54, 1.807) is 13.0 Å². The fraction of sp³-hybridized carbons (Fsp3) is 0.0290. The van der Waals surface area contributed by atoms with Crippen LogP contribution < -0.4 is 0 Å². The lowest BCUT2D eigenvalue weighted by Crippen LogP contribution is -2.05. The number of hydrogen-bond acceptors (Lipinski definition) is 0. The van der Waals surface area contributed by atoms with Gasteiger partial charge in [0, 0.05) is 27.1 Å². The van der Waals surface area contributed by atoms with Crippen LogP contribution in [0.25, 0.3) is 127 Å². The van der Waals surface area contributed by atoms with Crippen molar-refractivity contribution in [2.45, 2.75) is 13.1 Å². The molecule has 0 fully saturated rings. The van der Waals surface area contributed by atoms with Crippen LogP contribution >= 0.6 is 0 Å². The second-order valence-electron chi connectivity index (χ2n) is 19.1. The summed E-state index contributed by atoms with van der Waals surface area (Å²) in [6.07, 6.45) is -4.48. The molecule has 0 aliphatic rings. The second kappa shape index (κ2) is 18.1. The summed E-state index contributed by atoms with van der Waals surface area (Å²) in [4.78, 5) is 4.01. The van der Waals surface area contributed by atoms with Crippen molar-refractivity contribution in [2.24, 2.45) is 0 Å². The number of aromatic nitrogens is 2. The topological polar surface area (TPSA) is 14.2 Å². The van der Waals surface area contributed by atoms with Crippen LogP contribution in [-0.2, 0) is 6.18 Å². The number of hydrogen-bond donors (Lipinski definition) is 0. The molecule has 0 unspecified atom stereocenters. The third-order valence-electron chi connectivity index (χ3n) is 14.7. The predicted molar refractivity (Wildman–Crippen MR) is 304 cm³/mol. The summed E-state index contributed by atoms with van der Waals surface area (Å²) in [5.74, 6) is 0. The number of aryl methyl sites for hydroxylation is 1. The average molecular weight is 972 g/mol. The van der Waals surface area contributed by atoms with E-state index in [4.69, 9.17) is 6.57 Å². The molecule has 0 aliphatic heterocycles. The highest BCUT2D eigenvalue weighted by atomic mass is 19.4. The first-order valence-electron chi connectivity index (χ1n) is 24.9. The van der Waals surface area contributed by atoms with Crippen molar-refractivity contribution in [2.75, 3.05) is 0 Å². The van der Waals surface area contributed by atoms with E-state index in [0.717, 1.165) is 116 Å². The van der Waals surface area contributed by atoms with Gasteiger partial charge in [-0.1, -0.05) is 170 Å². The molecule has 11 aromatic carbocycles. The first kappa shape index (κ1) is 45.2. The zero-order valence-electron chi connectivity index (χ0n) is 40.6. The van der Waals surface area contributed by atoms with Gasteiger partial charge in [0.1, 0.15) is 0 Å². The molecular formula is C69H44F3N3. The molecule has 13 aromatic rings.